The maximum atomic E-state index is 12.8. The molecule has 1 aromatic rings. The number of benzene rings is 1. The van der Waals surface area contributed by atoms with Gasteiger partial charge in [-0.3, -0.25) is 0 Å². The average molecular weight is 315 g/mol. The Balaban J connectivity index is 2.39. The third-order valence-corrected chi connectivity index (χ3v) is 5.29. The summed E-state index contributed by atoms with van der Waals surface area (Å²) in [4.78, 5) is 0.149. The molecule has 0 spiro atoms. The number of aliphatic hydroxyl groups is 1. The van der Waals surface area contributed by atoms with Crippen molar-refractivity contribution in [2.24, 2.45) is 0 Å². The lowest BCUT2D eigenvalue weighted by Gasteiger charge is -2.35. The summed E-state index contributed by atoms with van der Waals surface area (Å²) in [6, 6.07) is 5.05. The summed E-state index contributed by atoms with van der Waals surface area (Å²) in [5, 5.41) is 9.24. The quantitative estimate of drug-likeness (QED) is 0.888. The van der Waals surface area contributed by atoms with Crippen LogP contribution in [0.1, 0.15) is 12.5 Å². The van der Waals surface area contributed by atoms with E-state index >= 15 is 0 Å². The Bertz CT molecular complexity index is 601. The highest BCUT2D eigenvalue weighted by atomic mass is 32.2. The van der Waals surface area contributed by atoms with Crippen molar-refractivity contribution in [3.63, 3.8) is 0 Å². The van der Waals surface area contributed by atoms with E-state index in [9.17, 15) is 13.5 Å². The summed E-state index contributed by atoms with van der Waals surface area (Å²) >= 11 is 0. The number of hydrogen-bond donors (Lipinski definition) is 1. The lowest BCUT2D eigenvalue weighted by molar-refractivity contribution is -0.0750. The molecule has 1 saturated heterocycles. The second-order valence-electron chi connectivity index (χ2n) is 5.23. The third-order valence-electron chi connectivity index (χ3n) is 3.43. The van der Waals surface area contributed by atoms with Crippen LogP contribution in [-0.4, -0.2) is 56.8 Å². The van der Waals surface area contributed by atoms with Crippen LogP contribution in [0.3, 0.4) is 0 Å². The predicted octanol–water partition coefficient (Wildman–Crippen LogP) is 0.774. The molecule has 2 rings (SSSR count). The molecule has 6 nitrogen and oxygen atoms in total. The lowest BCUT2D eigenvalue weighted by atomic mass is 10.2. The van der Waals surface area contributed by atoms with E-state index in [4.69, 9.17) is 9.47 Å². The molecule has 2 unspecified atom stereocenters. The van der Waals surface area contributed by atoms with Crippen LogP contribution < -0.4 is 4.74 Å². The Labute approximate surface area is 125 Å². The first kappa shape index (κ1) is 16.2. The highest BCUT2D eigenvalue weighted by Crippen LogP contribution is 2.29. The third kappa shape index (κ3) is 3.37. The molecule has 1 N–H and O–H groups in total. The highest BCUT2D eigenvalue weighted by Gasteiger charge is 2.35. The minimum Gasteiger partial charge on any atom is -0.495 e. The van der Waals surface area contributed by atoms with Gasteiger partial charge in [-0.05, 0) is 31.5 Å². The zero-order chi connectivity index (χ0) is 15.6. The second-order valence-corrected chi connectivity index (χ2v) is 7.13. The molecule has 1 aliphatic rings. The minimum atomic E-state index is -3.69. The van der Waals surface area contributed by atoms with E-state index in [0.717, 1.165) is 5.56 Å². The molecular formula is C14H21NO5S. The van der Waals surface area contributed by atoms with E-state index in [0.29, 0.717) is 5.75 Å². The van der Waals surface area contributed by atoms with Crippen LogP contribution in [-0.2, 0) is 14.8 Å². The van der Waals surface area contributed by atoms with E-state index in [1.807, 2.05) is 6.92 Å². The van der Waals surface area contributed by atoms with Crippen LogP contribution in [0.2, 0.25) is 0 Å². The van der Waals surface area contributed by atoms with Crippen molar-refractivity contribution in [3.8, 4) is 5.75 Å². The van der Waals surface area contributed by atoms with Crippen molar-refractivity contribution in [1.29, 1.82) is 0 Å². The second kappa shape index (κ2) is 6.31. The van der Waals surface area contributed by atoms with E-state index in [1.165, 1.54) is 11.4 Å². The van der Waals surface area contributed by atoms with Crippen molar-refractivity contribution < 1.29 is 23.0 Å². The topological polar surface area (TPSA) is 76.1 Å². The fraction of sp³-hybridized carbons (Fsp3) is 0.571. The SMILES string of the molecule is COc1ccc(C)cc1S(=O)(=O)N1CC(C)OC(CO)C1. The fourth-order valence-corrected chi connectivity index (χ4v) is 4.21. The van der Waals surface area contributed by atoms with Crippen LogP contribution >= 0.6 is 0 Å². The molecule has 21 heavy (non-hydrogen) atoms. The molecule has 0 radical (unpaired) electrons. The summed E-state index contributed by atoms with van der Waals surface area (Å²) in [6.45, 7) is 3.81. The molecule has 0 amide bonds. The van der Waals surface area contributed by atoms with Gasteiger partial charge in [0.1, 0.15) is 10.6 Å². The fourth-order valence-electron chi connectivity index (χ4n) is 2.42. The van der Waals surface area contributed by atoms with Gasteiger partial charge in [-0.15, -0.1) is 0 Å². The summed E-state index contributed by atoms with van der Waals surface area (Å²) in [5.41, 5.74) is 0.842. The van der Waals surface area contributed by atoms with Crippen LogP contribution in [0.25, 0.3) is 0 Å². The largest absolute Gasteiger partial charge is 0.495 e. The summed E-state index contributed by atoms with van der Waals surface area (Å²) in [5.74, 6) is 0.320. The number of hydrogen-bond acceptors (Lipinski definition) is 5. The molecular weight excluding hydrogens is 294 g/mol. The Morgan fingerprint density at radius 2 is 2.14 bits per heavy atom. The van der Waals surface area contributed by atoms with Crippen molar-refractivity contribution >= 4 is 10.0 Å². The van der Waals surface area contributed by atoms with Gasteiger partial charge in [-0.2, -0.15) is 4.31 Å². The lowest BCUT2D eigenvalue weighted by Crippen LogP contribution is -2.50. The van der Waals surface area contributed by atoms with Crippen LogP contribution in [0.4, 0.5) is 0 Å². The number of ether oxygens (including phenoxy) is 2. The maximum absolute atomic E-state index is 12.8. The molecule has 0 aliphatic carbocycles. The van der Waals surface area contributed by atoms with Crippen LogP contribution in [0.15, 0.2) is 23.1 Å². The van der Waals surface area contributed by atoms with Gasteiger partial charge in [0.2, 0.25) is 10.0 Å². The molecule has 0 saturated carbocycles. The zero-order valence-electron chi connectivity index (χ0n) is 12.4. The first-order chi connectivity index (χ1) is 9.88. The number of rotatable bonds is 4. The average Bonchev–Trinajstić information content (AvgIpc) is 2.46. The number of sulfonamides is 1. The molecule has 0 bridgehead atoms. The molecule has 118 valence electrons. The number of morpholine rings is 1. The van der Waals surface area contributed by atoms with Crippen molar-refractivity contribution in [2.45, 2.75) is 31.0 Å². The molecule has 1 aliphatic heterocycles. The van der Waals surface area contributed by atoms with Crippen molar-refractivity contribution in [2.75, 3.05) is 26.8 Å². The van der Waals surface area contributed by atoms with Crippen molar-refractivity contribution in [1.82, 2.24) is 4.31 Å². The number of methoxy groups -OCH3 is 1. The summed E-state index contributed by atoms with van der Waals surface area (Å²) < 4.78 is 37.7. The number of aliphatic hydroxyl groups excluding tert-OH is 1. The van der Waals surface area contributed by atoms with Gasteiger partial charge in [-0.25, -0.2) is 8.42 Å². The smallest absolute Gasteiger partial charge is 0.246 e. The van der Waals surface area contributed by atoms with Crippen LogP contribution in [0.5, 0.6) is 5.75 Å². The van der Waals surface area contributed by atoms with Gasteiger partial charge < -0.3 is 14.6 Å². The monoisotopic (exact) mass is 315 g/mol. The molecule has 1 aromatic carbocycles. The van der Waals surface area contributed by atoms with E-state index in [1.54, 1.807) is 25.1 Å². The molecule has 0 aromatic heterocycles. The Kier molecular flexibility index (Phi) is 4.88. The number of aryl methyl sites for hydroxylation is 1. The van der Waals surface area contributed by atoms with E-state index in [2.05, 4.69) is 0 Å². The highest BCUT2D eigenvalue weighted by molar-refractivity contribution is 7.89. The van der Waals surface area contributed by atoms with Crippen molar-refractivity contribution in [3.05, 3.63) is 23.8 Å². The van der Waals surface area contributed by atoms with Gasteiger partial charge >= 0.3 is 0 Å². The van der Waals surface area contributed by atoms with E-state index < -0.39 is 16.1 Å². The van der Waals surface area contributed by atoms with Gasteiger partial charge in [-0.1, -0.05) is 6.07 Å². The predicted molar refractivity (Wildman–Crippen MR) is 77.9 cm³/mol. The summed E-state index contributed by atoms with van der Waals surface area (Å²) in [6.07, 6.45) is -0.763. The van der Waals surface area contributed by atoms with Gasteiger partial charge in [0.05, 0.1) is 25.9 Å². The first-order valence-corrected chi connectivity index (χ1v) is 8.23. The van der Waals surface area contributed by atoms with Crippen LogP contribution in [0, 0.1) is 6.92 Å². The molecule has 1 heterocycles. The summed E-state index contributed by atoms with van der Waals surface area (Å²) in [7, 11) is -2.24. The van der Waals surface area contributed by atoms with Gasteiger partial charge in [0.15, 0.2) is 0 Å². The molecule has 1 fully saturated rings. The Hall–Kier alpha value is -1.15. The normalized spacial score (nSPS) is 24.0. The minimum absolute atomic E-state index is 0.139. The van der Waals surface area contributed by atoms with E-state index in [-0.39, 0.29) is 30.7 Å². The van der Waals surface area contributed by atoms with Gasteiger partial charge in [0.25, 0.3) is 0 Å². The Morgan fingerprint density at radius 1 is 1.43 bits per heavy atom. The first-order valence-electron chi connectivity index (χ1n) is 6.79. The number of nitrogens with zero attached hydrogens (tertiary/aromatic N) is 1. The maximum Gasteiger partial charge on any atom is 0.246 e. The molecule has 2 atom stereocenters. The van der Waals surface area contributed by atoms with Gasteiger partial charge in [0, 0.05) is 13.1 Å². The zero-order valence-corrected chi connectivity index (χ0v) is 13.3. The molecule has 7 heteroatoms. The Morgan fingerprint density at radius 3 is 2.76 bits per heavy atom. The standard InChI is InChI=1S/C14H21NO5S/c1-10-4-5-13(19-3)14(6-10)21(17,18)15-7-11(2)20-12(8-15)9-16/h4-6,11-12,16H,7-9H2,1-3H3.